The van der Waals surface area contributed by atoms with Crippen LogP contribution in [0.25, 0.3) is 0 Å². The Morgan fingerprint density at radius 1 is 1.53 bits per heavy atom. The Morgan fingerprint density at radius 3 is 2.76 bits per heavy atom. The standard InChI is InChI=1S/C9H8ClN3O2Se.ClH/c10-6-1-2-7(8(5-6)13(14)15)12-3-4-16-9(12)11;/h1-2,5,11H,3-4H2;1H. The summed E-state index contributed by atoms with van der Waals surface area (Å²) in [6, 6.07) is 4.55. The van der Waals surface area contributed by atoms with Crippen LogP contribution in [0.15, 0.2) is 18.2 Å². The number of amidine groups is 1. The molecule has 0 atom stereocenters. The van der Waals surface area contributed by atoms with Crippen molar-refractivity contribution in [2.75, 3.05) is 11.4 Å². The predicted molar refractivity (Wildman–Crippen MR) is 71.0 cm³/mol. The zero-order chi connectivity index (χ0) is 11.7. The van der Waals surface area contributed by atoms with E-state index in [-0.39, 0.29) is 33.1 Å². The van der Waals surface area contributed by atoms with Gasteiger partial charge in [-0.1, -0.05) is 0 Å². The van der Waals surface area contributed by atoms with E-state index in [1.165, 1.54) is 6.07 Å². The Bertz CT molecular complexity index is 470. The van der Waals surface area contributed by atoms with E-state index in [9.17, 15) is 10.1 Å². The quantitative estimate of drug-likeness (QED) is 0.511. The molecule has 1 fully saturated rings. The first kappa shape index (κ1) is 14.3. The fourth-order valence-electron chi connectivity index (χ4n) is 1.51. The molecule has 0 unspecified atom stereocenters. The van der Waals surface area contributed by atoms with Gasteiger partial charge in [0.25, 0.3) is 0 Å². The van der Waals surface area contributed by atoms with E-state index in [0.29, 0.717) is 22.0 Å². The number of rotatable bonds is 2. The summed E-state index contributed by atoms with van der Waals surface area (Å²) in [7, 11) is 0. The summed E-state index contributed by atoms with van der Waals surface area (Å²) < 4.78 is 0.484. The van der Waals surface area contributed by atoms with E-state index in [2.05, 4.69) is 0 Å². The molecule has 17 heavy (non-hydrogen) atoms. The molecule has 5 nitrogen and oxygen atoms in total. The molecular formula is C9H9Cl2N3O2Se. The van der Waals surface area contributed by atoms with E-state index in [0.717, 1.165) is 5.32 Å². The van der Waals surface area contributed by atoms with Crippen molar-refractivity contribution in [2.45, 2.75) is 5.32 Å². The number of nitro benzene ring substituents is 1. The Labute approximate surface area is 115 Å². The third kappa shape index (κ3) is 2.90. The van der Waals surface area contributed by atoms with Crippen LogP contribution in [-0.4, -0.2) is 31.2 Å². The van der Waals surface area contributed by atoms with Gasteiger partial charge in [-0.25, -0.2) is 0 Å². The molecule has 1 aromatic carbocycles. The van der Waals surface area contributed by atoms with Crippen molar-refractivity contribution in [3.63, 3.8) is 0 Å². The van der Waals surface area contributed by atoms with Crippen LogP contribution in [0.4, 0.5) is 11.4 Å². The Hall–Kier alpha value is -0.811. The van der Waals surface area contributed by atoms with Crippen molar-refractivity contribution in [1.82, 2.24) is 0 Å². The summed E-state index contributed by atoms with van der Waals surface area (Å²) in [5, 5.41) is 19.9. The van der Waals surface area contributed by atoms with Crippen molar-refractivity contribution in [3.05, 3.63) is 33.3 Å². The van der Waals surface area contributed by atoms with Crippen molar-refractivity contribution < 1.29 is 4.92 Å². The van der Waals surface area contributed by atoms with Crippen molar-refractivity contribution in [2.24, 2.45) is 0 Å². The normalized spacial score (nSPS) is 14.6. The van der Waals surface area contributed by atoms with Gasteiger partial charge in [0.05, 0.1) is 0 Å². The number of benzene rings is 1. The zero-order valence-electron chi connectivity index (χ0n) is 8.55. The maximum absolute atomic E-state index is 10.9. The fraction of sp³-hybridized carbons (Fsp3) is 0.222. The van der Waals surface area contributed by atoms with Gasteiger partial charge in [0, 0.05) is 0 Å². The van der Waals surface area contributed by atoms with Crippen LogP contribution in [0, 0.1) is 15.5 Å². The molecular weight excluding hydrogens is 332 g/mol. The second-order valence-corrected chi connectivity index (χ2v) is 5.91. The fourth-order valence-corrected chi connectivity index (χ4v) is 3.39. The molecule has 0 aliphatic carbocycles. The van der Waals surface area contributed by atoms with Crippen LogP contribution in [0.3, 0.4) is 0 Å². The van der Waals surface area contributed by atoms with E-state index in [1.807, 2.05) is 0 Å². The third-order valence-electron chi connectivity index (χ3n) is 2.22. The molecule has 0 amide bonds. The van der Waals surface area contributed by atoms with Crippen LogP contribution in [0.1, 0.15) is 0 Å². The van der Waals surface area contributed by atoms with E-state index in [4.69, 9.17) is 17.0 Å². The molecule has 8 heteroatoms. The molecule has 2 rings (SSSR count). The molecule has 1 heterocycles. The molecule has 0 radical (unpaired) electrons. The average molecular weight is 341 g/mol. The van der Waals surface area contributed by atoms with Crippen molar-refractivity contribution >= 4 is 55.1 Å². The molecule has 0 spiro atoms. The van der Waals surface area contributed by atoms with Crippen LogP contribution < -0.4 is 4.90 Å². The molecule has 1 saturated heterocycles. The van der Waals surface area contributed by atoms with Crippen molar-refractivity contribution in [1.29, 1.82) is 5.41 Å². The van der Waals surface area contributed by atoms with E-state index in [1.54, 1.807) is 17.0 Å². The van der Waals surface area contributed by atoms with Crippen molar-refractivity contribution in [3.8, 4) is 0 Å². The number of anilines is 1. The van der Waals surface area contributed by atoms with Gasteiger partial charge in [0.2, 0.25) is 0 Å². The number of nitrogens with one attached hydrogen (secondary N) is 1. The summed E-state index contributed by atoms with van der Waals surface area (Å²) in [6.45, 7) is 0.682. The van der Waals surface area contributed by atoms with Gasteiger partial charge >= 0.3 is 103 Å². The maximum atomic E-state index is 10.9. The Balaban J connectivity index is 0.00000144. The zero-order valence-corrected chi connectivity index (χ0v) is 11.8. The molecule has 1 N–H and O–H groups in total. The number of hydrogen-bond donors (Lipinski definition) is 1. The predicted octanol–water partition coefficient (Wildman–Crippen LogP) is 2.55. The average Bonchev–Trinajstić information content (AvgIpc) is 2.64. The summed E-state index contributed by atoms with van der Waals surface area (Å²) in [5.74, 6) is 0. The first-order chi connectivity index (χ1) is 7.59. The van der Waals surface area contributed by atoms with Gasteiger partial charge in [0.15, 0.2) is 0 Å². The summed E-state index contributed by atoms with van der Waals surface area (Å²) >= 11 is 5.86. The first-order valence-electron chi connectivity index (χ1n) is 4.52. The Morgan fingerprint density at radius 2 is 2.24 bits per heavy atom. The van der Waals surface area contributed by atoms with Crippen LogP contribution in [-0.2, 0) is 0 Å². The molecule has 0 bridgehead atoms. The van der Waals surface area contributed by atoms with Gasteiger partial charge < -0.3 is 0 Å². The first-order valence-corrected chi connectivity index (χ1v) is 6.97. The molecule has 0 saturated carbocycles. The summed E-state index contributed by atoms with van der Waals surface area (Å²) in [5.41, 5.74) is 0.439. The minimum atomic E-state index is -0.459. The minimum absolute atomic E-state index is 0. The third-order valence-corrected chi connectivity index (χ3v) is 4.31. The second kappa shape index (κ2) is 5.69. The summed E-state index contributed by atoms with van der Waals surface area (Å²) in [6.07, 6.45) is 0. The SMILES string of the molecule is Cl.N=C1[Se]CCN1c1ccc(Cl)cc1[N+](=O)[O-]. The van der Waals surface area contributed by atoms with Gasteiger partial charge in [0.1, 0.15) is 0 Å². The number of halogens is 2. The number of hydrogen-bond acceptors (Lipinski definition) is 3. The van der Waals surface area contributed by atoms with E-state index < -0.39 is 4.92 Å². The van der Waals surface area contributed by atoms with Crippen LogP contribution >= 0.6 is 24.0 Å². The van der Waals surface area contributed by atoms with Gasteiger partial charge in [-0.3, -0.25) is 0 Å². The topological polar surface area (TPSA) is 70.2 Å². The van der Waals surface area contributed by atoms with Gasteiger partial charge in [-0.2, -0.15) is 0 Å². The number of nitrogens with zero attached hydrogens (tertiary/aromatic N) is 2. The number of nitro groups is 1. The van der Waals surface area contributed by atoms with E-state index >= 15 is 0 Å². The van der Waals surface area contributed by atoms with Gasteiger partial charge in [-0.15, -0.1) is 12.4 Å². The molecule has 1 aromatic rings. The van der Waals surface area contributed by atoms with Gasteiger partial charge in [-0.05, 0) is 0 Å². The molecule has 1 aliphatic rings. The Kier molecular flexibility index (Phi) is 4.77. The van der Waals surface area contributed by atoms with Crippen LogP contribution in [0.5, 0.6) is 0 Å². The molecule has 0 aromatic heterocycles. The monoisotopic (exact) mass is 341 g/mol. The molecule has 92 valence electrons. The van der Waals surface area contributed by atoms with Crippen LogP contribution in [0.2, 0.25) is 10.3 Å². The second-order valence-electron chi connectivity index (χ2n) is 3.20. The molecule has 1 aliphatic heterocycles. The summed E-state index contributed by atoms with van der Waals surface area (Å²) in [4.78, 5) is 12.1.